The first kappa shape index (κ1) is 12.4. The van der Waals surface area contributed by atoms with Gasteiger partial charge in [-0.15, -0.1) is 11.3 Å². The Hall–Kier alpha value is -0.660. The van der Waals surface area contributed by atoms with Crippen molar-refractivity contribution in [1.29, 1.82) is 0 Å². The molecule has 0 saturated carbocycles. The van der Waals surface area contributed by atoms with Crippen LogP contribution in [-0.2, 0) is 12.7 Å². The Bertz CT molecular complexity index is 324. The Morgan fingerprint density at radius 3 is 2.60 bits per heavy atom. The van der Waals surface area contributed by atoms with Gasteiger partial charge in [-0.1, -0.05) is 0 Å². The van der Waals surface area contributed by atoms with Crippen LogP contribution in [0.5, 0.6) is 0 Å². The highest BCUT2D eigenvalue weighted by atomic mass is 32.1. The Kier molecular flexibility index (Phi) is 4.06. The number of nitrogens with one attached hydrogen (secondary N) is 1. The minimum absolute atomic E-state index is 0.0377. The van der Waals surface area contributed by atoms with Crippen molar-refractivity contribution in [2.24, 2.45) is 0 Å². The van der Waals surface area contributed by atoms with Crippen molar-refractivity contribution in [3.8, 4) is 0 Å². The number of nitrogens with zero attached hydrogens (tertiary/aromatic N) is 1. The second-order valence-electron chi connectivity index (χ2n) is 2.93. The molecular weight excluding hydrogens is 229 g/mol. The number of hydrogen-bond acceptors (Lipinski definition) is 4. The van der Waals surface area contributed by atoms with E-state index in [1.54, 1.807) is 6.92 Å². The minimum atomic E-state index is -4.37. The second-order valence-corrected chi connectivity index (χ2v) is 4.01. The van der Waals surface area contributed by atoms with Crippen molar-refractivity contribution in [3.05, 3.63) is 15.6 Å². The smallest absolute Gasteiger partial charge is 0.395 e. The topological polar surface area (TPSA) is 45.2 Å². The molecular formula is C8H11F3N2OS. The van der Waals surface area contributed by atoms with Gasteiger partial charge in [-0.2, -0.15) is 13.2 Å². The van der Waals surface area contributed by atoms with Crippen LogP contribution in [0.3, 0.4) is 0 Å². The molecule has 0 spiro atoms. The fraction of sp³-hybridized carbons (Fsp3) is 0.625. The molecule has 0 unspecified atom stereocenters. The van der Waals surface area contributed by atoms with Crippen molar-refractivity contribution >= 4 is 11.3 Å². The average Bonchev–Trinajstić information content (AvgIpc) is 2.48. The lowest BCUT2D eigenvalue weighted by atomic mass is 10.4. The van der Waals surface area contributed by atoms with Gasteiger partial charge in [0.05, 0.1) is 12.3 Å². The maximum absolute atomic E-state index is 12.3. The van der Waals surface area contributed by atoms with E-state index in [1.807, 2.05) is 0 Å². The molecule has 0 saturated heterocycles. The van der Waals surface area contributed by atoms with Crippen molar-refractivity contribution in [2.45, 2.75) is 19.6 Å². The lowest BCUT2D eigenvalue weighted by molar-refractivity contribution is -0.137. The van der Waals surface area contributed by atoms with Gasteiger partial charge in [0.15, 0.2) is 5.01 Å². The summed E-state index contributed by atoms with van der Waals surface area (Å²) in [6.07, 6.45) is -4.37. The molecule has 2 N–H and O–H groups in total. The van der Waals surface area contributed by atoms with Gasteiger partial charge in [0.25, 0.3) is 0 Å². The van der Waals surface area contributed by atoms with Crippen LogP contribution in [0.2, 0.25) is 0 Å². The van der Waals surface area contributed by atoms with Gasteiger partial charge < -0.3 is 10.4 Å². The number of halogens is 3. The molecule has 1 rings (SSSR count). The van der Waals surface area contributed by atoms with Crippen LogP contribution in [0.4, 0.5) is 13.2 Å². The normalized spacial score (nSPS) is 12.1. The molecule has 0 amide bonds. The van der Waals surface area contributed by atoms with Gasteiger partial charge in [-0.3, -0.25) is 0 Å². The molecule has 0 bridgehead atoms. The zero-order chi connectivity index (χ0) is 11.5. The number of aromatic nitrogens is 1. The first-order valence-electron chi connectivity index (χ1n) is 4.30. The van der Waals surface area contributed by atoms with Gasteiger partial charge in [-0.05, 0) is 6.92 Å². The van der Waals surface area contributed by atoms with Crippen molar-refractivity contribution < 1.29 is 18.3 Å². The van der Waals surface area contributed by atoms with Crippen LogP contribution < -0.4 is 5.32 Å². The van der Waals surface area contributed by atoms with E-state index >= 15 is 0 Å². The second kappa shape index (κ2) is 4.91. The molecule has 0 aliphatic heterocycles. The van der Waals surface area contributed by atoms with E-state index in [9.17, 15) is 13.2 Å². The molecule has 0 atom stereocenters. The number of hydrogen-bond donors (Lipinski definition) is 2. The molecule has 0 fully saturated rings. The Morgan fingerprint density at radius 2 is 2.13 bits per heavy atom. The van der Waals surface area contributed by atoms with Crippen LogP contribution >= 0.6 is 11.3 Å². The predicted molar refractivity (Wildman–Crippen MR) is 50.6 cm³/mol. The predicted octanol–water partition coefficient (Wildman–Crippen LogP) is 1.55. The third kappa shape index (κ3) is 3.44. The first-order chi connectivity index (χ1) is 6.95. The summed E-state index contributed by atoms with van der Waals surface area (Å²) in [4.78, 5) is 4.00. The summed E-state index contributed by atoms with van der Waals surface area (Å²) >= 11 is 0.637. The molecule has 0 aromatic carbocycles. The number of aliphatic hydroxyl groups is 1. The van der Waals surface area contributed by atoms with Crippen LogP contribution in [0.1, 0.15) is 15.6 Å². The van der Waals surface area contributed by atoms with Gasteiger partial charge in [-0.25, -0.2) is 4.98 Å². The summed E-state index contributed by atoms with van der Waals surface area (Å²) in [5.41, 5.74) is 0.387. The summed E-state index contributed by atoms with van der Waals surface area (Å²) in [6.45, 7) is 2.17. The van der Waals surface area contributed by atoms with Crippen molar-refractivity contribution in [1.82, 2.24) is 10.3 Å². The van der Waals surface area contributed by atoms with E-state index in [-0.39, 0.29) is 6.61 Å². The SMILES string of the molecule is Cc1nc(C(F)(F)F)sc1CNCCO. The molecule has 1 heterocycles. The quantitative estimate of drug-likeness (QED) is 0.785. The maximum Gasteiger partial charge on any atom is 0.443 e. The molecule has 0 aliphatic rings. The molecule has 0 radical (unpaired) electrons. The van der Waals surface area contributed by atoms with E-state index in [1.165, 1.54) is 0 Å². The summed E-state index contributed by atoms with van der Waals surface area (Å²) < 4.78 is 36.8. The Labute approximate surface area is 89.0 Å². The van der Waals surface area contributed by atoms with Crippen molar-refractivity contribution in [2.75, 3.05) is 13.2 Å². The molecule has 7 heteroatoms. The molecule has 0 aliphatic carbocycles. The zero-order valence-electron chi connectivity index (χ0n) is 8.06. The molecule has 3 nitrogen and oxygen atoms in total. The van der Waals surface area contributed by atoms with Crippen LogP contribution in [0, 0.1) is 6.92 Å². The van der Waals surface area contributed by atoms with Gasteiger partial charge in [0.2, 0.25) is 0 Å². The first-order valence-corrected chi connectivity index (χ1v) is 5.12. The van der Waals surface area contributed by atoms with Crippen LogP contribution in [0.25, 0.3) is 0 Å². The molecule has 86 valence electrons. The van der Waals surface area contributed by atoms with E-state index in [0.717, 1.165) is 0 Å². The van der Waals surface area contributed by atoms with E-state index in [0.29, 0.717) is 35.0 Å². The lowest BCUT2D eigenvalue weighted by Crippen LogP contribution is -2.17. The third-order valence-corrected chi connectivity index (χ3v) is 2.91. The fourth-order valence-corrected chi connectivity index (χ4v) is 1.89. The monoisotopic (exact) mass is 240 g/mol. The van der Waals surface area contributed by atoms with Gasteiger partial charge in [0.1, 0.15) is 0 Å². The number of rotatable bonds is 4. The largest absolute Gasteiger partial charge is 0.443 e. The lowest BCUT2D eigenvalue weighted by Gasteiger charge is -2.00. The Balaban J connectivity index is 2.69. The van der Waals surface area contributed by atoms with Gasteiger partial charge in [0, 0.05) is 18.0 Å². The van der Waals surface area contributed by atoms with Gasteiger partial charge >= 0.3 is 6.18 Å². The number of thiazole rings is 1. The average molecular weight is 240 g/mol. The standard InChI is InChI=1S/C8H11F3N2OS/c1-5-6(4-12-2-3-14)15-7(13-5)8(9,10)11/h12,14H,2-4H2,1H3. The summed E-state index contributed by atoms with van der Waals surface area (Å²) in [5, 5.41) is 10.5. The highest BCUT2D eigenvalue weighted by Crippen LogP contribution is 2.33. The van der Waals surface area contributed by atoms with Crippen molar-refractivity contribution in [3.63, 3.8) is 0 Å². The minimum Gasteiger partial charge on any atom is -0.395 e. The highest BCUT2D eigenvalue weighted by Gasteiger charge is 2.35. The molecule has 1 aromatic rings. The van der Waals surface area contributed by atoms with E-state index in [4.69, 9.17) is 5.11 Å². The van der Waals surface area contributed by atoms with Crippen LogP contribution in [0.15, 0.2) is 0 Å². The Morgan fingerprint density at radius 1 is 1.47 bits per heavy atom. The maximum atomic E-state index is 12.3. The fourth-order valence-electron chi connectivity index (χ4n) is 0.994. The molecule has 1 aromatic heterocycles. The highest BCUT2D eigenvalue weighted by molar-refractivity contribution is 7.11. The van der Waals surface area contributed by atoms with E-state index < -0.39 is 11.2 Å². The van der Waals surface area contributed by atoms with E-state index in [2.05, 4.69) is 10.3 Å². The number of aliphatic hydroxyl groups excluding tert-OH is 1. The number of aryl methyl sites for hydroxylation is 1. The summed E-state index contributed by atoms with van der Waals surface area (Å²) in [5.74, 6) is 0. The van der Waals surface area contributed by atoms with Crippen LogP contribution in [-0.4, -0.2) is 23.2 Å². The zero-order valence-corrected chi connectivity index (χ0v) is 8.87. The summed E-state index contributed by atoms with van der Waals surface area (Å²) in [7, 11) is 0. The summed E-state index contributed by atoms with van der Waals surface area (Å²) in [6, 6.07) is 0. The number of alkyl halides is 3. The third-order valence-electron chi connectivity index (χ3n) is 1.71. The molecule has 15 heavy (non-hydrogen) atoms.